The number of pyridine rings is 2. The van der Waals surface area contributed by atoms with Crippen molar-refractivity contribution in [3.05, 3.63) is 41.8 Å². The Bertz CT molecular complexity index is 1170. The summed E-state index contributed by atoms with van der Waals surface area (Å²) in [6.45, 7) is 4.17. The molecule has 0 unspecified atom stereocenters. The van der Waals surface area contributed by atoms with Crippen molar-refractivity contribution in [3.63, 3.8) is 0 Å². The van der Waals surface area contributed by atoms with Crippen molar-refractivity contribution in [2.24, 2.45) is 0 Å². The zero-order valence-electron chi connectivity index (χ0n) is 15.7. The second-order valence-electron chi connectivity index (χ2n) is 6.97. The van der Waals surface area contributed by atoms with E-state index < -0.39 is 0 Å². The Morgan fingerprint density at radius 2 is 2.17 bits per heavy atom. The molecule has 0 aliphatic carbocycles. The molecule has 0 spiro atoms. The van der Waals surface area contributed by atoms with Gasteiger partial charge in [0.05, 0.1) is 36.7 Å². The minimum absolute atomic E-state index is 0.194. The number of nitrogens with zero attached hydrogens (tertiary/aromatic N) is 6. The van der Waals surface area contributed by atoms with Crippen LogP contribution in [0, 0.1) is 0 Å². The van der Waals surface area contributed by atoms with Crippen LogP contribution >= 0.6 is 11.6 Å². The number of halogens is 1. The van der Waals surface area contributed by atoms with Crippen LogP contribution in [-0.2, 0) is 4.74 Å². The minimum atomic E-state index is 0.194. The Hall–Kier alpha value is -3.17. The molecule has 9 nitrogen and oxygen atoms in total. The number of ether oxygens (including phenoxy) is 1. The molecule has 29 heavy (non-hydrogen) atoms. The van der Waals surface area contributed by atoms with Gasteiger partial charge in [-0.05, 0) is 19.1 Å². The van der Waals surface area contributed by atoms with Crippen LogP contribution in [0.2, 0.25) is 5.02 Å². The number of nitrogen functional groups attached to an aromatic ring is 1. The van der Waals surface area contributed by atoms with Gasteiger partial charge in [0.15, 0.2) is 11.5 Å². The number of aromatic nitrogens is 6. The number of H-pyrrole nitrogens is 1. The third kappa shape index (κ3) is 3.08. The third-order valence-electron chi connectivity index (χ3n) is 5.08. The van der Waals surface area contributed by atoms with E-state index in [9.17, 15) is 0 Å². The van der Waals surface area contributed by atoms with Gasteiger partial charge < -0.3 is 15.4 Å². The van der Waals surface area contributed by atoms with Gasteiger partial charge in [-0.2, -0.15) is 14.9 Å². The Morgan fingerprint density at radius 3 is 2.97 bits per heavy atom. The first-order chi connectivity index (χ1) is 14.1. The summed E-state index contributed by atoms with van der Waals surface area (Å²) in [5, 5.41) is 12.9. The molecule has 10 heteroatoms. The highest BCUT2D eigenvalue weighted by molar-refractivity contribution is 6.30. The van der Waals surface area contributed by atoms with Crippen molar-refractivity contribution in [2.45, 2.75) is 13.0 Å². The second-order valence-corrected chi connectivity index (χ2v) is 7.40. The average molecular weight is 411 g/mol. The molecule has 4 aromatic rings. The molecule has 5 heterocycles. The average Bonchev–Trinajstić information content (AvgIpc) is 3.39. The lowest BCUT2D eigenvalue weighted by atomic mass is 10.0. The lowest BCUT2D eigenvalue weighted by molar-refractivity contribution is 0.0986. The predicted molar refractivity (Wildman–Crippen MR) is 111 cm³/mol. The van der Waals surface area contributed by atoms with E-state index in [1.165, 1.54) is 6.20 Å². The zero-order valence-corrected chi connectivity index (χ0v) is 16.5. The van der Waals surface area contributed by atoms with Crippen LogP contribution in [0.3, 0.4) is 0 Å². The second kappa shape index (κ2) is 7.02. The smallest absolute Gasteiger partial charge is 0.167 e. The molecule has 0 radical (unpaired) electrons. The molecule has 1 fully saturated rings. The van der Waals surface area contributed by atoms with E-state index in [4.69, 9.17) is 27.1 Å². The van der Waals surface area contributed by atoms with Crippen molar-refractivity contribution in [3.8, 4) is 16.9 Å². The summed E-state index contributed by atoms with van der Waals surface area (Å²) in [5.74, 6) is 1.95. The molecule has 1 aliphatic heterocycles. The molecule has 4 aromatic heterocycles. The summed E-state index contributed by atoms with van der Waals surface area (Å²) in [6, 6.07) is 5.87. The maximum Gasteiger partial charge on any atom is 0.167 e. The quantitative estimate of drug-likeness (QED) is 0.534. The summed E-state index contributed by atoms with van der Waals surface area (Å²) in [6.07, 6.45) is 4.99. The van der Waals surface area contributed by atoms with Gasteiger partial charge >= 0.3 is 0 Å². The van der Waals surface area contributed by atoms with E-state index in [1.54, 1.807) is 17.1 Å². The van der Waals surface area contributed by atoms with E-state index in [-0.39, 0.29) is 6.04 Å². The number of anilines is 2. The maximum atomic E-state index is 6.22. The van der Waals surface area contributed by atoms with Crippen molar-refractivity contribution in [1.29, 1.82) is 0 Å². The Kier molecular flexibility index (Phi) is 4.33. The van der Waals surface area contributed by atoms with Gasteiger partial charge in [-0.15, -0.1) is 0 Å². The van der Waals surface area contributed by atoms with E-state index in [2.05, 4.69) is 32.1 Å². The largest absolute Gasteiger partial charge is 0.383 e. The van der Waals surface area contributed by atoms with Crippen molar-refractivity contribution >= 4 is 34.3 Å². The first kappa shape index (κ1) is 17.9. The molecule has 1 aliphatic rings. The Labute approximate surface area is 171 Å². The normalized spacial score (nSPS) is 17.2. The van der Waals surface area contributed by atoms with Crippen LogP contribution in [0.15, 0.2) is 36.8 Å². The first-order valence-corrected chi connectivity index (χ1v) is 9.64. The molecule has 0 bridgehead atoms. The maximum absolute atomic E-state index is 6.22. The fourth-order valence-corrected chi connectivity index (χ4v) is 3.79. The van der Waals surface area contributed by atoms with Gasteiger partial charge in [-0.25, -0.2) is 9.97 Å². The highest BCUT2D eigenvalue weighted by Gasteiger charge is 2.24. The van der Waals surface area contributed by atoms with Crippen LogP contribution in [0.4, 0.5) is 11.6 Å². The molecule has 1 atom stereocenters. The SMILES string of the molecule is C[C@@H]1COCCN1c1cc(-c2cc(Cl)cnc2N)c2cnn(-c3ccn[nH]3)c2n1. The number of aromatic amines is 1. The summed E-state index contributed by atoms with van der Waals surface area (Å²) in [4.78, 5) is 11.4. The summed E-state index contributed by atoms with van der Waals surface area (Å²) >= 11 is 6.22. The van der Waals surface area contributed by atoms with Crippen molar-refractivity contribution < 1.29 is 4.74 Å². The monoisotopic (exact) mass is 410 g/mol. The summed E-state index contributed by atoms with van der Waals surface area (Å²) in [7, 11) is 0. The van der Waals surface area contributed by atoms with Crippen molar-refractivity contribution in [2.75, 3.05) is 30.4 Å². The third-order valence-corrected chi connectivity index (χ3v) is 5.29. The Balaban J connectivity index is 1.78. The standard InChI is InChI=1S/C19H19ClN8O/c1-11-10-29-5-4-27(11)17-7-13(14-6-12(20)8-22-18(14)21)15-9-24-28(19(15)25-17)16-2-3-23-26-16/h2-3,6-9,11H,4-5,10H2,1H3,(H2,21,22)(H,23,26)/t11-/m1/s1. The molecule has 148 valence electrons. The lowest BCUT2D eigenvalue weighted by Gasteiger charge is -2.34. The molecule has 1 saturated heterocycles. The number of morpholine rings is 1. The number of rotatable bonds is 3. The van der Waals surface area contributed by atoms with Crippen LogP contribution in [0.5, 0.6) is 0 Å². The summed E-state index contributed by atoms with van der Waals surface area (Å²) < 4.78 is 7.32. The molecule has 0 amide bonds. The van der Waals surface area contributed by atoms with Crippen molar-refractivity contribution in [1.82, 2.24) is 29.9 Å². The van der Waals surface area contributed by atoms with Gasteiger partial charge in [0.25, 0.3) is 0 Å². The first-order valence-electron chi connectivity index (χ1n) is 9.26. The number of fused-ring (bicyclic) bond motifs is 1. The molecule has 5 rings (SSSR count). The fourth-order valence-electron chi connectivity index (χ4n) is 3.63. The van der Waals surface area contributed by atoms with E-state index >= 15 is 0 Å². The van der Waals surface area contributed by atoms with Gasteiger partial charge in [-0.3, -0.25) is 5.10 Å². The van der Waals surface area contributed by atoms with Gasteiger partial charge in [0, 0.05) is 35.3 Å². The van der Waals surface area contributed by atoms with E-state index in [0.29, 0.717) is 29.7 Å². The highest BCUT2D eigenvalue weighted by Crippen LogP contribution is 2.36. The number of nitrogens with one attached hydrogen (secondary N) is 1. The van der Waals surface area contributed by atoms with Crippen LogP contribution in [0.25, 0.3) is 28.0 Å². The van der Waals surface area contributed by atoms with Gasteiger partial charge in [0.1, 0.15) is 11.6 Å². The van der Waals surface area contributed by atoms with Gasteiger partial charge in [0.2, 0.25) is 0 Å². The molecule has 0 aromatic carbocycles. The fraction of sp³-hybridized carbons (Fsp3) is 0.263. The number of hydrogen-bond donors (Lipinski definition) is 2. The predicted octanol–water partition coefficient (Wildman–Crippen LogP) is 2.67. The minimum Gasteiger partial charge on any atom is -0.383 e. The van der Waals surface area contributed by atoms with Crippen LogP contribution in [-0.4, -0.2) is 55.7 Å². The molecular weight excluding hydrogens is 392 g/mol. The molecule has 3 N–H and O–H groups in total. The van der Waals surface area contributed by atoms with E-state index in [1.807, 2.05) is 18.2 Å². The number of nitrogens with two attached hydrogens (primary N) is 1. The van der Waals surface area contributed by atoms with Crippen LogP contribution < -0.4 is 10.6 Å². The molecule has 0 saturated carbocycles. The topological polar surface area (TPSA) is 111 Å². The van der Waals surface area contributed by atoms with Crippen LogP contribution in [0.1, 0.15) is 6.92 Å². The highest BCUT2D eigenvalue weighted by atomic mass is 35.5. The lowest BCUT2D eigenvalue weighted by Crippen LogP contribution is -2.44. The number of hydrogen-bond acceptors (Lipinski definition) is 7. The van der Waals surface area contributed by atoms with Gasteiger partial charge in [-0.1, -0.05) is 11.6 Å². The zero-order chi connectivity index (χ0) is 20.0. The summed E-state index contributed by atoms with van der Waals surface area (Å²) in [5.41, 5.74) is 8.52. The van der Waals surface area contributed by atoms with E-state index in [0.717, 1.165) is 34.7 Å². The Morgan fingerprint density at radius 1 is 1.28 bits per heavy atom. The molecular formula is C19H19ClN8O.